The van der Waals surface area contributed by atoms with Gasteiger partial charge in [0.05, 0.1) is 11.3 Å². The topological polar surface area (TPSA) is 66.5 Å². The molecule has 1 aromatic carbocycles. The van der Waals surface area contributed by atoms with Gasteiger partial charge < -0.3 is 5.32 Å². The third-order valence-corrected chi connectivity index (χ3v) is 8.98. The summed E-state index contributed by atoms with van der Waals surface area (Å²) in [5, 5.41) is 3.19. The molecular formula is C22H32N2O3S. The SMILES string of the molecule is C[C@@H](NC(=O)Cc1ccc(S(=O)(=O)N2CCCCC2)cc1)[C@H]1C[C@@H]2CC[C@@H]1C2. The Labute approximate surface area is 168 Å². The van der Waals surface area contributed by atoms with E-state index in [-0.39, 0.29) is 11.9 Å². The number of piperidine rings is 1. The predicted octanol–water partition coefficient (Wildman–Crippen LogP) is 3.34. The number of amides is 1. The van der Waals surface area contributed by atoms with Crippen molar-refractivity contribution in [3.8, 4) is 0 Å². The highest BCUT2D eigenvalue weighted by molar-refractivity contribution is 7.89. The van der Waals surface area contributed by atoms with E-state index >= 15 is 0 Å². The first-order valence-electron chi connectivity index (χ1n) is 10.8. The first-order chi connectivity index (χ1) is 13.4. The van der Waals surface area contributed by atoms with E-state index in [1.807, 2.05) is 0 Å². The Morgan fingerprint density at radius 2 is 1.82 bits per heavy atom. The van der Waals surface area contributed by atoms with Gasteiger partial charge >= 0.3 is 0 Å². The Balaban J connectivity index is 1.33. The zero-order valence-corrected chi connectivity index (χ0v) is 17.6. The van der Waals surface area contributed by atoms with Crippen LogP contribution >= 0.6 is 0 Å². The molecule has 6 heteroatoms. The van der Waals surface area contributed by atoms with Crippen molar-refractivity contribution in [2.75, 3.05) is 13.1 Å². The van der Waals surface area contributed by atoms with Gasteiger partial charge in [0.15, 0.2) is 0 Å². The van der Waals surface area contributed by atoms with E-state index in [0.717, 1.165) is 36.7 Å². The number of hydrogen-bond donors (Lipinski definition) is 1. The molecule has 2 bridgehead atoms. The summed E-state index contributed by atoms with van der Waals surface area (Å²) in [4.78, 5) is 12.8. The van der Waals surface area contributed by atoms with Gasteiger partial charge in [0, 0.05) is 19.1 Å². The number of rotatable bonds is 6. The van der Waals surface area contributed by atoms with E-state index in [9.17, 15) is 13.2 Å². The Morgan fingerprint density at radius 1 is 1.11 bits per heavy atom. The van der Waals surface area contributed by atoms with Crippen molar-refractivity contribution in [2.45, 2.75) is 69.2 Å². The van der Waals surface area contributed by atoms with Crippen LogP contribution in [0.4, 0.5) is 0 Å². The van der Waals surface area contributed by atoms with E-state index in [4.69, 9.17) is 0 Å². The molecular weight excluding hydrogens is 372 g/mol. The molecule has 3 fully saturated rings. The molecule has 4 atom stereocenters. The van der Waals surface area contributed by atoms with Crippen molar-refractivity contribution in [3.05, 3.63) is 29.8 Å². The second-order valence-corrected chi connectivity index (χ2v) is 10.9. The number of sulfonamides is 1. The van der Waals surface area contributed by atoms with Crippen LogP contribution in [-0.4, -0.2) is 37.8 Å². The molecule has 1 heterocycles. The highest BCUT2D eigenvalue weighted by atomic mass is 32.2. The molecule has 1 amide bonds. The van der Waals surface area contributed by atoms with Crippen molar-refractivity contribution in [2.24, 2.45) is 17.8 Å². The second kappa shape index (κ2) is 8.15. The quantitative estimate of drug-likeness (QED) is 0.791. The fourth-order valence-electron chi connectivity index (χ4n) is 5.54. The van der Waals surface area contributed by atoms with Gasteiger partial charge in [-0.15, -0.1) is 0 Å². The van der Waals surface area contributed by atoms with Crippen molar-refractivity contribution in [1.82, 2.24) is 9.62 Å². The number of nitrogens with one attached hydrogen (secondary N) is 1. The van der Waals surface area contributed by atoms with E-state index < -0.39 is 10.0 Å². The molecule has 0 aromatic heterocycles. The van der Waals surface area contributed by atoms with Gasteiger partial charge in [0.2, 0.25) is 15.9 Å². The summed E-state index contributed by atoms with van der Waals surface area (Å²) in [5.41, 5.74) is 0.857. The molecule has 0 unspecified atom stereocenters. The summed E-state index contributed by atoms with van der Waals surface area (Å²) < 4.78 is 27.0. The number of carbonyl (C=O) groups is 1. The number of benzene rings is 1. The molecule has 0 spiro atoms. The van der Waals surface area contributed by atoms with E-state index in [2.05, 4.69) is 12.2 Å². The first-order valence-corrected chi connectivity index (χ1v) is 12.3. The fourth-order valence-corrected chi connectivity index (χ4v) is 7.05. The molecule has 5 nitrogen and oxygen atoms in total. The van der Waals surface area contributed by atoms with Crippen LogP contribution in [-0.2, 0) is 21.2 Å². The van der Waals surface area contributed by atoms with Gasteiger partial charge in [-0.05, 0) is 74.5 Å². The zero-order chi connectivity index (χ0) is 19.7. The van der Waals surface area contributed by atoms with E-state index in [1.165, 1.54) is 25.7 Å². The first kappa shape index (κ1) is 19.9. The van der Waals surface area contributed by atoms with Crippen LogP contribution in [0.25, 0.3) is 0 Å². The molecule has 2 saturated carbocycles. The van der Waals surface area contributed by atoms with Gasteiger partial charge in [0.1, 0.15) is 0 Å². The van der Waals surface area contributed by atoms with Crippen LogP contribution in [0, 0.1) is 17.8 Å². The number of carbonyl (C=O) groups excluding carboxylic acids is 1. The van der Waals surface area contributed by atoms with Gasteiger partial charge in [0.25, 0.3) is 0 Å². The average Bonchev–Trinajstić information content (AvgIpc) is 3.32. The molecule has 1 saturated heterocycles. The van der Waals surface area contributed by atoms with Crippen LogP contribution < -0.4 is 5.32 Å². The largest absolute Gasteiger partial charge is 0.353 e. The summed E-state index contributed by atoms with van der Waals surface area (Å²) in [6.45, 7) is 3.35. The minimum Gasteiger partial charge on any atom is -0.353 e. The van der Waals surface area contributed by atoms with Gasteiger partial charge in [-0.25, -0.2) is 8.42 Å². The third-order valence-electron chi connectivity index (χ3n) is 7.06. The second-order valence-electron chi connectivity index (χ2n) is 8.98. The summed E-state index contributed by atoms with van der Waals surface area (Å²) in [7, 11) is -3.41. The van der Waals surface area contributed by atoms with E-state index in [0.29, 0.717) is 30.3 Å². The van der Waals surface area contributed by atoms with Crippen LogP contribution in [0.5, 0.6) is 0 Å². The molecule has 28 heavy (non-hydrogen) atoms. The lowest BCUT2D eigenvalue weighted by Gasteiger charge is -2.28. The lowest BCUT2D eigenvalue weighted by atomic mass is 9.84. The molecule has 2 aliphatic carbocycles. The van der Waals surface area contributed by atoms with Crippen LogP contribution in [0.3, 0.4) is 0 Å². The van der Waals surface area contributed by atoms with Crippen LogP contribution in [0.2, 0.25) is 0 Å². The van der Waals surface area contributed by atoms with Gasteiger partial charge in [-0.2, -0.15) is 4.31 Å². The van der Waals surface area contributed by atoms with Crippen LogP contribution in [0.1, 0.15) is 57.4 Å². The molecule has 1 aromatic rings. The molecule has 1 aliphatic heterocycles. The predicted molar refractivity (Wildman–Crippen MR) is 109 cm³/mol. The van der Waals surface area contributed by atoms with Crippen molar-refractivity contribution < 1.29 is 13.2 Å². The minimum absolute atomic E-state index is 0.0295. The fraction of sp³-hybridized carbons (Fsp3) is 0.682. The molecule has 0 radical (unpaired) electrons. The molecule has 4 rings (SSSR count). The Kier molecular flexibility index (Phi) is 5.79. The number of hydrogen-bond acceptors (Lipinski definition) is 3. The Bertz CT molecular complexity index is 800. The highest BCUT2D eigenvalue weighted by Crippen LogP contribution is 2.49. The minimum atomic E-state index is -3.41. The van der Waals surface area contributed by atoms with Crippen molar-refractivity contribution in [3.63, 3.8) is 0 Å². The number of nitrogens with zero attached hydrogens (tertiary/aromatic N) is 1. The third kappa shape index (κ3) is 4.13. The maximum absolute atomic E-state index is 12.7. The van der Waals surface area contributed by atoms with Crippen molar-refractivity contribution >= 4 is 15.9 Å². The monoisotopic (exact) mass is 404 g/mol. The smallest absolute Gasteiger partial charge is 0.243 e. The van der Waals surface area contributed by atoms with E-state index in [1.54, 1.807) is 28.6 Å². The average molecular weight is 405 g/mol. The van der Waals surface area contributed by atoms with Gasteiger partial charge in [-0.3, -0.25) is 4.79 Å². The Hall–Kier alpha value is -1.40. The summed E-state index contributed by atoms with van der Waals surface area (Å²) in [6, 6.07) is 7.07. The summed E-state index contributed by atoms with van der Waals surface area (Å²) >= 11 is 0. The van der Waals surface area contributed by atoms with Crippen molar-refractivity contribution in [1.29, 1.82) is 0 Å². The zero-order valence-electron chi connectivity index (χ0n) is 16.8. The molecule has 3 aliphatic rings. The molecule has 1 N–H and O–H groups in total. The summed E-state index contributed by atoms with van der Waals surface area (Å²) in [5.74, 6) is 2.32. The highest BCUT2D eigenvalue weighted by Gasteiger charge is 2.42. The number of fused-ring (bicyclic) bond motifs is 2. The van der Waals surface area contributed by atoms with Gasteiger partial charge in [-0.1, -0.05) is 25.0 Å². The maximum Gasteiger partial charge on any atom is 0.243 e. The Morgan fingerprint density at radius 3 is 2.43 bits per heavy atom. The van der Waals surface area contributed by atoms with Crippen LogP contribution in [0.15, 0.2) is 29.2 Å². The molecule has 154 valence electrons. The normalized spacial score (nSPS) is 29.0. The standard InChI is InChI=1S/C22H32N2O3S/c1-16(21-14-18-5-8-19(21)13-18)23-22(25)15-17-6-9-20(10-7-17)28(26,27)24-11-3-2-4-12-24/h6-7,9-10,16,18-19,21H,2-5,8,11-15H2,1H3,(H,23,25)/t16-,18-,19-,21-/m1/s1. The maximum atomic E-state index is 12.7. The summed E-state index contributed by atoms with van der Waals surface area (Å²) in [6.07, 6.45) is 8.55. The lowest BCUT2D eigenvalue weighted by Crippen LogP contribution is -2.40. The lowest BCUT2D eigenvalue weighted by molar-refractivity contribution is -0.121.